The summed E-state index contributed by atoms with van der Waals surface area (Å²) in [5.74, 6) is 1.58. The van der Waals surface area contributed by atoms with Crippen LogP contribution < -0.4 is 5.73 Å². The summed E-state index contributed by atoms with van der Waals surface area (Å²) in [6.45, 7) is 3.23. The van der Waals surface area contributed by atoms with Crippen LogP contribution in [0.2, 0.25) is 0 Å². The zero-order valence-electron chi connectivity index (χ0n) is 12.3. The van der Waals surface area contributed by atoms with Gasteiger partial charge in [0, 0.05) is 24.7 Å². The van der Waals surface area contributed by atoms with Crippen LogP contribution in [0.25, 0.3) is 11.0 Å². The quantitative estimate of drug-likeness (QED) is 0.873. The van der Waals surface area contributed by atoms with Crippen molar-refractivity contribution in [2.75, 3.05) is 0 Å². The minimum atomic E-state index is 0.248. The van der Waals surface area contributed by atoms with Gasteiger partial charge in [-0.2, -0.15) is 0 Å². The molecule has 2 aromatic heterocycles. The van der Waals surface area contributed by atoms with E-state index in [1.807, 2.05) is 12.4 Å². The van der Waals surface area contributed by atoms with Crippen LogP contribution in [0.3, 0.4) is 0 Å². The lowest BCUT2D eigenvalue weighted by Gasteiger charge is -2.22. The van der Waals surface area contributed by atoms with Gasteiger partial charge in [-0.25, -0.2) is 4.98 Å². The Balaban J connectivity index is 2.06. The summed E-state index contributed by atoms with van der Waals surface area (Å²) in [6, 6.07) is 2.32. The van der Waals surface area contributed by atoms with Crippen LogP contribution in [0.1, 0.15) is 57.2 Å². The van der Waals surface area contributed by atoms with Crippen LogP contribution in [0.5, 0.6) is 0 Å². The maximum atomic E-state index is 6.43. The van der Waals surface area contributed by atoms with Gasteiger partial charge in [0.25, 0.3) is 0 Å². The minimum absolute atomic E-state index is 0.248. The summed E-state index contributed by atoms with van der Waals surface area (Å²) in [7, 11) is 0. The van der Waals surface area contributed by atoms with Crippen molar-refractivity contribution in [3.63, 3.8) is 0 Å². The lowest BCUT2D eigenvalue weighted by atomic mass is 9.94. The first kappa shape index (κ1) is 13.6. The van der Waals surface area contributed by atoms with E-state index in [0.717, 1.165) is 24.9 Å². The van der Waals surface area contributed by atoms with Gasteiger partial charge in [-0.05, 0) is 25.3 Å². The van der Waals surface area contributed by atoms with Gasteiger partial charge in [0.15, 0.2) is 0 Å². The number of fused-ring (bicyclic) bond motifs is 1. The molecule has 0 bridgehead atoms. The predicted molar refractivity (Wildman–Crippen MR) is 81.6 cm³/mol. The largest absolute Gasteiger partial charge is 0.328 e. The molecule has 2 unspecified atom stereocenters. The van der Waals surface area contributed by atoms with Gasteiger partial charge < -0.3 is 10.3 Å². The molecule has 0 aliphatic heterocycles. The third-order valence-electron chi connectivity index (χ3n) is 4.43. The summed E-state index contributed by atoms with van der Waals surface area (Å²) in [4.78, 5) is 9.07. The van der Waals surface area contributed by atoms with E-state index in [1.54, 1.807) is 0 Å². The molecule has 108 valence electrons. The molecule has 0 spiro atoms. The first-order valence-corrected chi connectivity index (χ1v) is 7.87. The Labute approximate surface area is 120 Å². The molecule has 1 aliphatic rings. The molecule has 0 radical (unpaired) electrons. The second-order valence-electron chi connectivity index (χ2n) is 5.89. The highest BCUT2D eigenvalue weighted by molar-refractivity contribution is 5.74. The molecule has 0 saturated heterocycles. The lowest BCUT2D eigenvalue weighted by Crippen LogP contribution is -2.29. The molecule has 1 aliphatic carbocycles. The second kappa shape index (κ2) is 5.92. The van der Waals surface area contributed by atoms with Crippen molar-refractivity contribution in [3.05, 3.63) is 24.3 Å². The Morgan fingerprint density at radius 3 is 3.00 bits per heavy atom. The van der Waals surface area contributed by atoms with E-state index >= 15 is 0 Å². The standard InChI is InChI=1S/C16H24N4/c1-2-10-20-15-8-9-18-11-14(15)19-16(20)12-6-4-3-5-7-13(12)17/h8-9,11-13H,2-7,10,17H2,1H3. The van der Waals surface area contributed by atoms with Gasteiger partial charge in [-0.1, -0.05) is 26.2 Å². The molecular weight excluding hydrogens is 248 g/mol. The first-order chi connectivity index (χ1) is 9.81. The molecule has 4 heteroatoms. The second-order valence-corrected chi connectivity index (χ2v) is 5.89. The number of pyridine rings is 1. The van der Waals surface area contributed by atoms with Crippen molar-refractivity contribution in [2.45, 2.75) is 64.0 Å². The van der Waals surface area contributed by atoms with Gasteiger partial charge in [0.05, 0.1) is 11.7 Å². The SMILES string of the molecule is CCCn1c(C2CCCCCC2N)nc2cnccc21. The van der Waals surface area contributed by atoms with Gasteiger partial charge >= 0.3 is 0 Å². The number of rotatable bonds is 3. The monoisotopic (exact) mass is 272 g/mol. The molecule has 2 aromatic rings. The van der Waals surface area contributed by atoms with Crippen molar-refractivity contribution in [1.29, 1.82) is 0 Å². The highest BCUT2D eigenvalue weighted by atomic mass is 15.1. The summed E-state index contributed by atoms with van der Waals surface area (Å²) < 4.78 is 2.37. The Kier molecular flexibility index (Phi) is 4.01. The highest BCUT2D eigenvalue weighted by Crippen LogP contribution is 2.32. The van der Waals surface area contributed by atoms with Crippen molar-refractivity contribution in [3.8, 4) is 0 Å². The molecule has 20 heavy (non-hydrogen) atoms. The van der Waals surface area contributed by atoms with Crippen molar-refractivity contribution in [1.82, 2.24) is 14.5 Å². The molecule has 1 fully saturated rings. The summed E-state index contributed by atoms with van der Waals surface area (Å²) >= 11 is 0. The molecule has 2 heterocycles. The molecule has 2 atom stereocenters. The van der Waals surface area contributed by atoms with E-state index in [9.17, 15) is 0 Å². The van der Waals surface area contributed by atoms with Crippen molar-refractivity contribution in [2.24, 2.45) is 5.73 Å². The Morgan fingerprint density at radius 2 is 2.15 bits per heavy atom. The van der Waals surface area contributed by atoms with Gasteiger partial charge in [0.1, 0.15) is 11.3 Å². The summed E-state index contributed by atoms with van der Waals surface area (Å²) in [5.41, 5.74) is 8.64. The van der Waals surface area contributed by atoms with E-state index in [0.29, 0.717) is 5.92 Å². The van der Waals surface area contributed by atoms with E-state index in [1.165, 1.54) is 37.0 Å². The predicted octanol–water partition coefficient (Wildman–Crippen LogP) is 3.22. The van der Waals surface area contributed by atoms with Crippen molar-refractivity contribution >= 4 is 11.0 Å². The average Bonchev–Trinajstić information content (AvgIpc) is 2.67. The van der Waals surface area contributed by atoms with E-state index in [-0.39, 0.29) is 6.04 Å². The molecule has 2 N–H and O–H groups in total. The van der Waals surface area contributed by atoms with Crippen LogP contribution >= 0.6 is 0 Å². The van der Waals surface area contributed by atoms with Crippen LogP contribution in [0, 0.1) is 0 Å². The van der Waals surface area contributed by atoms with Crippen LogP contribution in [-0.2, 0) is 6.54 Å². The third kappa shape index (κ3) is 2.44. The summed E-state index contributed by atoms with van der Waals surface area (Å²) in [6.07, 6.45) is 11.0. The number of imidazole rings is 1. The molecule has 0 amide bonds. The van der Waals surface area contributed by atoms with Gasteiger partial charge in [0.2, 0.25) is 0 Å². The maximum absolute atomic E-state index is 6.43. The normalized spacial score (nSPS) is 23.9. The fourth-order valence-corrected chi connectivity index (χ4v) is 3.40. The fraction of sp³-hybridized carbons (Fsp3) is 0.625. The van der Waals surface area contributed by atoms with Crippen LogP contribution in [0.15, 0.2) is 18.5 Å². The Morgan fingerprint density at radius 1 is 1.30 bits per heavy atom. The number of hydrogen-bond acceptors (Lipinski definition) is 3. The number of aromatic nitrogens is 3. The molecule has 1 saturated carbocycles. The highest BCUT2D eigenvalue weighted by Gasteiger charge is 2.27. The number of nitrogens with zero attached hydrogens (tertiary/aromatic N) is 3. The topological polar surface area (TPSA) is 56.7 Å². The van der Waals surface area contributed by atoms with E-state index < -0.39 is 0 Å². The smallest absolute Gasteiger partial charge is 0.114 e. The first-order valence-electron chi connectivity index (χ1n) is 7.87. The molecule has 3 rings (SSSR count). The zero-order chi connectivity index (χ0) is 13.9. The van der Waals surface area contributed by atoms with Crippen molar-refractivity contribution < 1.29 is 0 Å². The van der Waals surface area contributed by atoms with Gasteiger partial charge in [-0.15, -0.1) is 0 Å². The van der Waals surface area contributed by atoms with Crippen LogP contribution in [-0.4, -0.2) is 20.6 Å². The minimum Gasteiger partial charge on any atom is -0.328 e. The molecule has 0 aromatic carbocycles. The van der Waals surface area contributed by atoms with Gasteiger partial charge in [-0.3, -0.25) is 4.98 Å². The maximum Gasteiger partial charge on any atom is 0.114 e. The number of aryl methyl sites for hydroxylation is 1. The Hall–Kier alpha value is -1.42. The number of nitrogens with two attached hydrogens (primary N) is 1. The lowest BCUT2D eigenvalue weighted by molar-refractivity contribution is 0.463. The van der Waals surface area contributed by atoms with Crippen LogP contribution in [0.4, 0.5) is 0 Å². The fourth-order valence-electron chi connectivity index (χ4n) is 3.40. The van der Waals surface area contributed by atoms with E-state index in [2.05, 4.69) is 22.5 Å². The molecular formula is C16H24N4. The number of hydrogen-bond donors (Lipinski definition) is 1. The summed E-state index contributed by atoms with van der Waals surface area (Å²) in [5, 5.41) is 0. The average molecular weight is 272 g/mol. The molecule has 4 nitrogen and oxygen atoms in total. The Bertz CT molecular complexity index is 575. The third-order valence-corrected chi connectivity index (χ3v) is 4.43. The zero-order valence-corrected chi connectivity index (χ0v) is 12.3. The van der Waals surface area contributed by atoms with E-state index in [4.69, 9.17) is 10.7 Å².